The molecule has 1 fully saturated rings. The minimum absolute atomic E-state index is 0.0253. The Morgan fingerprint density at radius 2 is 1.65 bits per heavy atom. The monoisotopic (exact) mass is 502 g/mol. The number of aromatic hydroxyl groups is 1. The van der Waals surface area contributed by atoms with Crippen molar-refractivity contribution in [3.63, 3.8) is 0 Å². The number of rotatable bonds is 9. The highest BCUT2D eigenvalue weighted by Gasteiger charge is 2.35. The zero-order valence-electron chi connectivity index (χ0n) is 21.5. The molecular formula is C30H34N2O5. The summed E-state index contributed by atoms with van der Waals surface area (Å²) in [7, 11) is 0. The smallest absolute Gasteiger partial charge is 0.341 e. The van der Waals surface area contributed by atoms with Gasteiger partial charge in [0, 0.05) is 37.3 Å². The highest BCUT2D eigenvalue weighted by molar-refractivity contribution is 5.94. The van der Waals surface area contributed by atoms with Gasteiger partial charge in [0.15, 0.2) is 12.4 Å². The Bertz CT molecular complexity index is 1260. The van der Waals surface area contributed by atoms with E-state index < -0.39 is 5.97 Å². The van der Waals surface area contributed by atoms with Crippen LogP contribution in [0.3, 0.4) is 0 Å². The van der Waals surface area contributed by atoms with Crippen LogP contribution in [0.15, 0.2) is 72.8 Å². The van der Waals surface area contributed by atoms with E-state index in [-0.39, 0.29) is 36.3 Å². The van der Waals surface area contributed by atoms with Crippen LogP contribution >= 0.6 is 0 Å². The number of carboxylic acid groups (broad SMARTS) is 1. The summed E-state index contributed by atoms with van der Waals surface area (Å²) in [5.74, 6) is -0.209. The molecule has 0 spiro atoms. The number of hydrogen-bond donors (Lipinski definition) is 2. The first-order valence-electron chi connectivity index (χ1n) is 12.5. The molecule has 3 atom stereocenters. The number of benzene rings is 3. The Morgan fingerprint density at radius 1 is 0.946 bits per heavy atom. The third-order valence-electron chi connectivity index (χ3n) is 6.94. The molecule has 0 bridgehead atoms. The fourth-order valence-corrected chi connectivity index (χ4v) is 5.12. The molecule has 7 nitrogen and oxygen atoms in total. The molecular weight excluding hydrogens is 468 g/mol. The number of phenolic OH excluding ortho intramolecular Hbond substituents is 1. The van der Waals surface area contributed by atoms with Crippen LogP contribution in [-0.4, -0.2) is 63.5 Å². The number of phenols is 1. The molecule has 0 aliphatic carbocycles. The van der Waals surface area contributed by atoms with Gasteiger partial charge in [-0.1, -0.05) is 42.5 Å². The lowest BCUT2D eigenvalue weighted by atomic mass is 9.92. The number of carbonyl (C=O) groups is 2. The summed E-state index contributed by atoms with van der Waals surface area (Å²) in [5, 5.41) is 19.1. The number of carboxylic acids is 1. The highest BCUT2D eigenvalue weighted by atomic mass is 16.5. The average molecular weight is 503 g/mol. The minimum Gasteiger partial charge on any atom is -0.508 e. The summed E-state index contributed by atoms with van der Waals surface area (Å²) in [6.07, 6.45) is 0. The van der Waals surface area contributed by atoms with E-state index >= 15 is 0 Å². The Labute approximate surface area is 217 Å². The Balaban J connectivity index is 1.57. The maximum atomic E-state index is 12.1. The number of piperazine rings is 1. The average Bonchev–Trinajstić information content (AvgIpc) is 2.86. The lowest BCUT2D eigenvalue weighted by Crippen LogP contribution is -2.56. The molecule has 0 aromatic heterocycles. The van der Waals surface area contributed by atoms with Gasteiger partial charge in [0.2, 0.25) is 0 Å². The predicted octanol–water partition coefficient (Wildman–Crippen LogP) is 4.74. The molecule has 0 unspecified atom stereocenters. The van der Waals surface area contributed by atoms with Gasteiger partial charge in [-0.3, -0.25) is 14.6 Å². The molecule has 4 rings (SSSR count). The molecule has 0 amide bonds. The van der Waals surface area contributed by atoms with Crippen molar-refractivity contribution < 1.29 is 24.5 Å². The molecule has 1 aliphatic rings. The predicted molar refractivity (Wildman–Crippen MR) is 142 cm³/mol. The Morgan fingerprint density at radius 3 is 2.35 bits per heavy atom. The van der Waals surface area contributed by atoms with Gasteiger partial charge in [0.1, 0.15) is 11.5 Å². The van der Waals surface area contributed by atoms with Crippen molar-refractivity contribution in [1.29, 1.82) is 0 Å². The third kappa shape index (κ3) is 6.56. The van der Waals surface area contributed by atoms with Gasteiger partial charge in [-0.05, 0) is 67.8 Å². The molecule has 0 radical (unpaired) electrons. The molecule has 194 valence electrons. The van der Waals surface area contributed by atoms with Gasteiger partial charge >= 0.3 is 5.97 Å². The summed E-state index contributed by atoms with van der Waals surface area (Å²) >= 11 is 0. The number of carbonyl (C=O) groups excluding carboxylic acids is 1. The number of Topliss-reactive ketones (excluding diaryl/α,β-unsaturated/α-hetero) is 1. The lowest BCUT2D eigenvalue weighted by Gasteiger charge is -2.47. The normalized spacial score (nSPS) is 19.3. The van der Waals surface area contributed by atoms with Gasteiger partial charge in [-0.2, -0.15) is 0 Å². The summed E-state index contributed by atoms with van der Waals surface area (Å²) < 4.78 is 5.36. The first kappa shape index (κ1) is 26.4. The Hall–Kier alpha value is -3.68. The minimum atomic E-state index is -1.00. The second-order valence-corrected chi connectivity index (χ2v) is 9.83. The summed E-state index contributed by atoms with van der Waals surface area (Å²) in [4.78, 5) is 27.8. The summed E-state index contributed by atoms with van der Waals surface area (Å²) in [6.45, 7) is 7.96. The van der Waals surface area contributed by atoms with Crippen LogP contribution in [-0.2, 0) is 11.3 Å². The van der Waals surface area contributed by atoms with Crippen LogP contribution in [0.25, 0.3) is 0 Å². The SMILES string of the molecule is CC(=O)c1cccc([C@@H](c2cccc(O)c2)N2C[C@@H](C)N(Cc3cccc(OCC(=O)O)c3)C[C@@H]2C)c1. The number of ketones is 1. The van der Waals surface area contributed by atoms with Crippen molar-refractivity contribution in [3.8, 4) is 11.5 Å². The van der Waals surface area contributed by atoms with E-state index in [4.69, 9.17) is 9.84 Å². The van der Waals surface area contributed by atoms with E-state index in [2.05, 4.69) is 23.6 Å². The van der Waals surface area contributed by atoms with E-state index in [1.165, 1.54) is 0 Å². The molecule has 1 saturated heterocycles. The van der Waals surface area contributed by atoms with E-state index in [9.17, 15) is 14.7 Å². The largest absolute Gasteiger partial charge is 0.508 e. The van der Waals surface area contributed by atoms with Crippen LogP contribution in [0.4, 0.5) is 0 Å². The number of aliphatic carboxylic acids is 1. The zero-order valence-corrected chi connectivity index (χ0v) is 21.5. The highest BCUT2D eigenvalue weighted by Crippen LogP contribution is 2.35. The fourth-order valence-electron chi connectivity index (χ4n) is 5.12. The molecule has 2 N–H and O–H groups in total. The van der Waals surface area contributed by atoms with Gasteiger partial charge in [0.05, 0.1) is 6.04 Å². The summed E-state index contributed by atoms with van der Waals surface area (Å²) in [5.41, 5.74) is 3.74. The molecule has 3 aromatic carbocycles. The van der Waals surface area contributed by atoms with Crippen molar-refractivity contribution in [1.82, 2.24) is 9.80 Å². The summed E-state index contributed by atoms with van der Waals surface area (Å²) in [6, 6.07) is 23.0. The van der Waals surface area contributed by atoms with Crippen molar-refractivity contribution >= 4 is 11.8 Å². The first-order chi connectivity index (χ1) is 17.7. The quantitative estimate of drug-likeness (QED) is 0.409. The molecule has 1 aliphatic heterocycles. The molecule has 37 heavy (non-hydrogen) atoms. The van der Waals surface area contributed by atoms with Crippen LogP contribution in [0.1, 0.15) is 53.9 Å². The third-order valence-corrected chi connectivity index (χ3v) is 6.94. The molecule has 7 heteroatoms. The molecule has 1 heterocycles. The van der Waals surface area contributed by atoms with Crippen LogP contribution in [0.2, 0.25) is 0 Å². The van der Waals surface area contributed by atoms with Crippen molar-refractivity contribution in [3.05, 3.63) is 95.1 Å². The molecule has 3 aromatic rings. The second-order valence-electron chi connectivity index (χ2n) is 9.83. The van der Waals surface area contributed by atoms with E-state index in [1.807, 2.05) is 54.6 Å². The number of nitrogens with zero attached hydrogens (tertiary/aromatic N) is 2. The van der Waals surface area contributed by atoms with Gasteiger partial charge in [-0.25, -0.2) is 4.79 Å². The standard InChI is InChI=1S/C30H34N2O5/c1-20-17-32(21(2)16-31(20)18-23-7-4-12-28(13-23)37-19-29(35)36)30(26-10-6-11-27(34)15-26)25-9-5-8-24(14-25)22(3)33/h4-15,20-21,30,34H,16-19H2,1-3H3,(H,35,36)/t20-,21+,30+/m1/s1. The van der Waals surface area contributed by atoms with Gasteiger partial charge < -0.3 is 14.9 Å². The van der Waals surface area contributed by atoms with E-state index in [0.29, 0.717) is 11.3 Å². The maximum absolute atomic E-state index is 12.1. The van der Waals surface area contributed by atoms with Crippen LogP contribution < -0.4 is 4.74 Å². The second kappa shape index (κ2) is 11.6. The van der Waals surface area contributed by atoms with Gasteiger partial charge in [-0.15, -0.1) is 0 Å². The van der Waals surface area contributed by atoms with Crippen molar-refractivity contribution in [2.24, 2.45) is 0 Å². The molecule has 0 saturated carbocycles. The zero-order chi connectivity index (χ0) is 26.5. The number of ether oxygens (including phenoxy) is 1. The van der Waals surface area contributed by atoms with Gasteiger partial charge in [0.25, 0.3) is 0 Å². The maximum Gasteiger partial charge on any atom is 0.341 e. The van der Waals surface area contributed by atoms with Crippen molar-refractivity contribution in [2.75, 3.05) is 19.7 Å². The number of hydrogen-bond acceptors (Lipinski definition) is 6. The van der Waals surface area contributed by atoms with E-state index in [1.54, 1.807) is 25.1 Å². The topological polar surface area (TPSA) is 90.3 Å². The van der Waals surface area contributed by atoms with Crippen LogP contribution in [0.5, 0.6) is 11.5 Å². The first-order valence-corrected chi connectivity index (χ1v) is 12.5. The van der Waals surface area contributed by atoms with Crippen molar-refractivity contribution in [2.45, 2.75) is 45.4 Å². The fraction of sp³-hybridized carbons (Fsp3) is 0.333. The van der Waals surface area contributed by atoms with E-state index in [0.717, 1.165) is 36.3 Å². The Kier molecular flexibility index (Phi) is 8.26. The van der Waals surface area contributed by atoms with Crippen LogP contribution in [0, 0.1) is 0 Å². The lowest BCUT2D eigenvalue weighted by molar-refractivity contribution is -0.139.